The molecule has 0 atom stereocenters. The molecule has 8 aromatic carbocycles. The first-order chi connectivity index (χ1) is 21.8. The fourth-order valence-corrected chi connectivity index (χ4v) is 6.84. The van der Waals surface area contributed by atoms with Crippen molar-refractivity contribution in [2.75, 3.05) is 4.90 Å². The summed E-state index contributed by atoms with van der Waals surface area (Å²) < 4.78 is 6.36. The number of furan rings is 1. The molecule has 206 valence electrons. The van der Waals surface area contributed by atoms with E-state index in [0.29, 0.717) is 0 Å². The van der Waals surface area contributed by atoms with Gasteiger partial charge in [-0.1, -0.05) is 127 Å². The van der Waals surface area contributed by atoms with Crippen LogP contribution in [0.3, 0.4) is 0 Å². The van der Waals surface area contributed by atoms with Gasteiger partial charge in [0.2, 0.25) is 0 Å². The Morgan fingerprint density at radius 2 is 1.00 bits per heavy atom. The van der Waals surface area contributed by atoms with E-state index in [4.69, 9.17) is 4.42 Å². The van der Waals surface area contributed by atoms with E-state index >= 15 is 0 Å². The first kappa shape index (κ1) is 24.7. The fraction of sp³-hybridized carbons (Fsp3) is 0. The van der Waals surface area contributed by atoms with Gasteiger partial charge < -0.3 is 9.32 Å². The molecule has 0 fully saturated rings. The van der Waals surface area contributed by atoms with Crippen LogP contribution >= 0.6 is 0 Å². The highest BCUT2D eigenvalue weighted by Gasteiger charge is 2.22. The van der Waals surface area contributed by atoms with E-state index in [-0.39, 0.29) is 0 Å². The third-order valence-corrected chi connectivity index (χ3v) is 8.83. The molecule has 0 aliphatic heterocycles. The van der Waals surface area contributed by atoms with Crippen LogP contribution in [0.4, 0.5) is 17.1 Å². The summed E-state index contributed by atoms with van der Waals surface area (Å²) in [7, 11) is 0. The van der Waals surface area contributed by atoms with E-state index in [0.717, 1.165) is 39.0 Å². The van der Waals surface area contributed by atoms with E-state index < -0.39 is 0 Å². The zero-order valence-electron chi connectivity index (χ0n) is 23.9. The largest absolute Gasteiger partial charge is 0.456 e. The molecule has 0 N–H and O–H groups in total. The maximum Gasteiger partial charge on any atom is 0.137 e. The van der Waals surface area contributed by atoms with Crippen molar-refractivity contribution >= 4 is 71.3 Å². The third kappa shape index (κ3) is 3.82. The van der Waals surface area contributed by atoms with Crippen molar-refractivity contribution in [1.29, 1.82) is 0 Å². The van der Waals surface area contributed by atoms with Gasteiger partial charge in [-0.05, 0) is 74.5 Å². The predicted molar refractivity (Wildman–Crippen MR) is 186 cm³/mol. The summed E-state index contributed by atoms with van der Waals surface area (Å²) in [4.78, 5) is 2.41. The van der Waals surface area contributed by atoms with Crippen LogP contribution in [0.1, 0.15) is 0 Å². The van der Waals surface area contributed by atoms with Crippen LogP contribution < -0.4 is 4.90 Å². The van der Waals surface area contributed by atoms with Crippen LogP contribution in [0.5, 0.6) is 0 Å². The molecule has 1 heterocycles. The van der Waals surface area contributed by atoms with Gasteiger partial charge in [0.15, 0.2) is 0 Å². The highest BCUT2D eigenvalue weighted by molar-refractivity contribution is 6.18. The Morgan fingerprint density at radius 1 is 0.386 bits per heavy atom. The van der Waals surface area contributed by atoms with E-state index in [1.807, 2.05) is 12.1 Å². The van der Waals surface area contributed by atoms with Crippen molar-refractivity contribution in [2.24, 2.45) is 0 Å². The molecule has 9 rings (SSSR count). The summed E-state index contributed by atoms with van der Waals surface area (Å²) >= 11 is 0. The number of anilines is 3. The number of hydrogen-bond acceptors (Lipinski definition) is 2. The molecule has 0 radical (unpaired) electrons. The first-order valence-electron chi connectivity index (χ1n) is 15.0. The molecule has 2 heteroatoms. The number of para-hydroxylation sites is 1. The second kappa shape index (κ2) is 9.86. The molecule has 0 aliphatic carbocycles. The molecule has 1 aromatic heterocycles. The Balaban J connectivity index is 1.33. The zero-order chi connectivity index (χ0) is 29.0. The lowest BCUT2D eigenvalue weighted by Gasteiger charge is -2.28. The van der Waals surface area contributed by atoms with Crippen molar-refractivity contribution < 1.29 is 4.42 Å². The molecule has 0 unspecified atom stereocenters. The molecular weight excluding hydrogens is 534 g/mol. The molecular formula is C42H27NO. The van der Waals surface area contributed by atoms with Gasteiger partial charge in [0.25, 0.3) is 0 Å². The topological polar surface area (TPSA) is 16.4 Å². The van der Waals surface area contributed by atoms with E-state index in [2.05, 4.69) is 157 Å². The normalized spacial score (nSPS) is 11.6. The SMILES string of the molecule is c1ccc2c(-c3ccc(N(c4cc5ccccc5c5ccccc45)c4cccc5oc6ccccc6c45)cc3)cccc2c1. The van der Waals surface area contributed by atoms with Crippen molar-refractivity contribution in [2.45, 2.75) is 0 Å². The lowest BCUT2D eigenvalue weighted by molar-refractivity contribution is 0.669. The molecule has 0 aliphatic rings. The maximum atomic E-state index is 6.36. The van der Waals surface area contributed by atoms with E-state index in [1.165, 1.54) is 43.4 Å². The number of benzene rings is 8. The standard InChI is InChI=1S/C42H27NO/c1-3-14-32-28(11-1)13-9-19-33(32)29-23-25-31(26-24-29)43(38-20-10-22-41-42(38)37-18-7-8-21-40(37)44-41)39-27-30-12-2-4-15-34(30)35-16-5-6-17-36(35)39/h1-27H. The summed E-state index contributed by atoms with van der Waals surface area (Å²) in [5.41, 5.74) is 7.52. The van der Waals surface area contributed by atoms with Crippen LogP contribution in [0.2, 0.25) is 0 Å². The molecule has 44 heavy (non-hydrogen) atoms. The van der Waals surface area contributed by atoms with Crippen LogP contribution in [0, 0.1) is 0 Å². The minimum atomic E-state index is 0.881. The van der Waals surface area contributed by atoms with Gasteiger partial charge in [-0.3, -0.25) is 0 Å². The monoisotopic (exact) mass is 561 g/mol. The van der Waals surface area contributed by atoms with Crippen LogP contribution in [0.25, 0.3) is 65.4 Å². The van der Waals surface area contributed by atoms with Crippen molar-refractivity contribution in [1.82, 2.24) is 0 Å². The van der Waals surface area contributed by atoms with Gasteiger partial charge in [-0.2, -0.15) is 0 Å². The maximum absolute atomic E-state index is 6.36. The summed E-state index contributed by atoms with van der Waals surface area (Å²) in [6.45, 7) is 0. The number of rotatable bonds is 4. The minimum Gasteiger partial charge on any atom is -0.456 e. The summed E-state index contributed by atoms with van der Waals surface area (Å²) in [6, 6.07) is 58.6. The molecule has 2 nitrogen and oxygen atoms in total. The second-order valence-electron chi connectivity index (χ2n) is 11.3. The Hall–Kier alpha value is -5.86. The highest BCUT2D eigenvalue weighted by Crippen LogP contribution is 2.46. The smallest absolute Gasteiger partial charge is 0.137 e. The average molecular weight is 562 g/mol. The third-order valence-electron chi connectivity index (χ3n) is 8.83. The van der Waals surface area contributed by atoms with Crippen molar-refractivity contribution in [3.05, 3.63) is 164 Å². The lowest BCUT2D eigenvalue weighted by atomic mass is 9.97. The summed E-state index contributed by atoms with van der Waals surface area (Å²) in [5.74, 6) is 0. The Morgan fingerprint density at radius 3 is 1.84 bits per heavy atom. The summed E-state index contributed by atoms with van der Waals surface area (Å²) in [5, 5.41) is 9.63. The Labute approximate surface area is 255 Å². The van der Waals surface area contributed by atoms with Crippen LogP contribution in [0.15, 0.2) is 168 Å². The minimum absolute atomic E-state index is 0.881. The Kier molecular flexibility index (Phi) is 5.54. The molecule has 0 amide bonds. The van der Waals surface area contributed by atoms with Crippen LogP contribution in [-0.4, -0.2) is 0 Å². The highest BCUT2D eigenvalue weighted by atomic mass is 16.3. The number of hydrogen-bond donors (Lipinski definition) is 0. The van der Waals surface area contributed by atoms with Gasteiger partial charge in [-0.25, -0.2) is 0 Å². The van der Waals surface area contributed by atoms with Crippen molar-refractivity contribution in [3.8, 4) is 11.1 Å². The molecule has 0 saturated heterocycles. The van der Waals surface area contributed by atoms with Gasteiger partial charge in [0.1, 0.15) is 11.2 Å². The number of fused-ring (bicyclic) bond motifs is 7. The molecule has 0 saturated carbocycles. The van der Waals surface area contributed by atoms with E-state index in [1.54, 1.807) is 0 Å². The average Bonchev–Trinajstić information content (AvgIpc) is 3.48. The summed E-state index contributed by atoms with van der Waals surface area (Å²) in [6.07, 6.45) is 0. The lowest BCUT2D eigenvalue weighted by Crippen LogP contribution is -2.11. The van der Waals surface area contributed by atoms with Gasteiger partial charge in [-0.15, -0.1) is 0 Å². The Bertz CT molecular complexity index is 2500. The van der Waals surface area contributed by atoms with Gasteiger partial charge in [0, 0.05) is 16.5 Å². The van der Waals surface area contributed by atoms with Gasteiger partial charge >= 0.3 is 0 Å². The van der Waals surface area contributed by atoms with E-state index in [9.17, 15) is 0 Å². The predicted octanol–water partition coefficient (Wildman–Crippen LogP) is 12.2. The molecule has 0 bridgehead atoms. The molecule has 0 spiro atoms. The zero-order valence-corrected chi connectivity index (χ0v) is 23.9. The first-order valence-corrected chi connectivity index (χ1v) is 15.0. The molecule has 9 aromatic rings. The van der Waals surface area contributed by atoms with Gasteiger partial charge in [0.05, 0.1) is 16.8 Å². The fourth-order valence-electron chi connectivity index (χ4n) is 6.84. The van der Waals surface area contributed by atoms with Crippen molar-refractivity contribution in [3.63, 3.8) is 0 Å². The number of nitrogens with zero attached hydrogens (tertiary/aromatic N) is 1. The second-order valence-corrected chi connectivity index (χ2v) is 11.3. The van der Waals surface area contributed by atoms with Crippen LogP contribution in [-0.2, 0) is 0 Å². The quantitative estimate of drug-likeness (QED) is 0.199.